The molecule has 0 atom stereocenters. The van der Waals surface area contributed by atoms with Gasteiger partial charge in [-0.15, -0.1) is 0 Å². The highest BCUT2D eigenvalue weighted by molar-refractivity contribution is 9.38. The van der Waals surface area contributed by atoms with E-state index in [4.69, 9.17) is 0 Å². The van der Waals surface area contributed by atoms with Crippen molar-refractivity contribution in [1.82, 2.24) is 0 Å². The average Bonchev–Trinajstić information content (AvgIpc) is 2.16. The Morgan fingerprint density at radius 2 is 1.64 bits per heavy atom. The highest BCUT2D eigenvalue weighted by Gasteiger charge is 2.20. The fourth-order valence-corrected chi connectivity index (χ4v) is 1.98. The van der Waals surface area contributed by atoms with E-state index in [0.717, 1.165) is 10.9 Å². The molecule has 0 bridgehead atoms. The molecule has 0 aliphatic heterocycles. The second kappa shape index (κ2) is 3.95. The summed E-state index contributed by atoms with van der Waals surface area (Å²) in [4.78, 5) is 0. The summed E-state index contributed by atoms with van der Waals surface area (Å²) in [5, 5.41) is 2.32. The van der Waals surface area contributed by atoms with Gasteiger partial charge in [0.05, 0.1) is 0 Å². The summed E-state index contributed by atoms with van der Waals surface area (Å²) in [6, 6.07) is 15.6. The van der Waals surface area contributed by atoms with Crippen molar-refractivity contribution in [3.8, 4) is 0 Å². The Bertz CT molecular complexity index is 457. The summed E-state index contributed by atoms with van der Waals surface area (Å²) in [6.45, 7) is 0. The summed E-state index contributed by atoms with van der Waals surface area (Å²) < 4.78 is -0.378. The molecule has 0 saturated heterocycles. The SMILES string of the molecule is BrC(Br)(Br)c1[c]c2ccccc2cc1. The van der Waals surface area contributed by atoms with Crippen LogP contribution in [0.2, 0.25) is 0 Å². The van der Waals surface area contributed by atoms with Crippen LogP contribution in [0.1, 0.15) is 5.56 Å². The van der Waals surface area contributed by atoms with Gasteiger partial charge in [0, 0.05) is 0 Å². The zero-order chi connectivity index (χ0) is 10.2. The van der Waals surface area contributed by atoms with Crippen LogP contribution < -0.4 is 0 Å². The maximum Gasteiger partial charge on any atom is 0.160 e. The van der Waals surface area contributed by atoms with Crippen LogP contribution in [0.3, 0.4) is 0 Å². The predicted octanol–water partition coefficient (Wildman–Crippen LogP) is 4.93. The van der Waals surface area contributed by atoms with Crippen molar-refractivity contribution in [1.29, 1.82) is 0 Å². The molecule has 0 aromatic heterocycles. The Kier molecular flexibility index (Phi) is 3.01. The molecule has 0 N–H and O–H groups in total. The van der Waals surface area contributed by atoms with Crippen LogP contribution in [0, 0.1) is 6.07 Å². The monoisotopic (exact) mass is 375 g/mol. The molecule has 2 rings (SSSR count). The van der Waals surface area contributed by atoms with E-state index >= 15 is 0 Å². The zero-order valence-corrected chi connectivity index (χ0v) is 11.9. The molecule has 0 saturated carbocycles. The number of benzene rings is 2. The fraction of sp³-hybridized carbons (Fsp3) is 0.0909. The lowest BCUT2D eigenvalue weighted by atomic mass is 10.1. The normalized spacial score (nSPS) is 11.9. The van der Waals surface area contributed by atoms with Crippen molar-refractivity contribution in [3.63, 3.8) is 0 Å². The molecular formula is C11H6Br3. The number of rotatable bonds is 0. The van der Waals surface area contributed by atoms with E-state index in [1.165, 1.54) is 5.39 Å². The Hall–Kier alpha value is 0.140. The van der Waals surface area contributed by atoms with Crippen LogP contribution in [-0.4, -0.2) is 0 Å². The maximum absolute atomic E-state index is 3.47. The average molecular weight is 378 g/mol. The minimum atomic E-state index is -0.378. The molecule has 0 aliphatic rings. The Balaban J connectivity index is 2.63. The summed E-state index contributed by atoms with van der Waals surface area (Å²) in [5.74, 6) is 0. The van der Waals surface area contributed by atoms with Crippen molar-refractivity contribution in [2.45, 2.75) is 2.14 Å². The van der Waals surface area contributed by atoms with Crippen LogP contribution in [0.15, 0.2) is 36.4 Å². The van der Waals surface area contributed by atoms with E-state index in [-0.39, 0.29) is 2.14 Å². The topological polar surface area (TPSA) is 0 Å². The Morgan fingerprint density at radius 3 is 2.36 bits per heavy atom. The van der Waals surface area contributed by atoms with E-state index in [0.29, 0.717) is 0 Å². The van der Waals surface area contributed by atoms with Gasteiger partial charge in [-0.1, -0.05) is 84.2 Å². The van der Waals surface area contributed by atoms with Crippen molar-refractivity contribution in [3.05, 3.63) is 48.0 Å². The zero-order valence-electron chi connectivity index (χ0n) is 7.10. The number of hydrogen-bond acceptors (Lipinski definition) is 0. The van der Waals surface area contributed by atoms with Gasteiger partial charge in [0.1, 0.15) is 0 Å². The van der Waals surface area contributed by atoms with Crippen molar-refractivity contribution in [2.75, 3.05) is 0 Å². The first kappa shape index (κ1) is 10.7. The summed E-state index contributed by atoms with van der Waals surface area (Å²) in [6.07, 6.45) is 0. The van der Waals surface area contributed by atoms with E-state index < -0.39 is 0 Å². The quantitative estimate of drug-likeness (QED) is 0.571. The fourth-order valence-electron chi connectivity index (χ4n) is 1.28. The summed E-state index contributed by atoms with van der Waals surface area (Å²) in [7, 11) is 0. The van der Waals surface area contributed by atoms with Gasteiger partial charge in [-0.25, -0.2) is 0 Å². The first-order valence-electron chi connectivity index (χ1n) is 4.05. The lowest BCUT2D eigenvalue weighted by Crippen LogP contribution is -1.97. The minimum absolute atomic E-state index is 0.378. The van der Waals surface area contributed by atoms with Gasteiger partial charge in [0.2, 0.25) is 0 Å². The van der Waals surface area contributed by atoms with Crippen LogP contribution in [0.4, 0.5) is 0 Å². The lowest BCUT2D eigenvalue weighted by molar-refractivity contribution is 1.38. The summed E-state index contributed by atoms with van der Waals surface area (Å²) in [5.41, 5.74) is 1.02. The Morgan fingerprint density at radius 1 is 0.929 bits per heavy atom. The molecule has 0 spiro atoms. The lowest BCUT2D eigenvalue weighted by Gasteiger charge is -2.12. The van der Waals surface area contributed by atoms with E-state index in [9.17, 15) is 0 Å². The van der Waals surface area contributed by atoms with E-state index in [2.05, 4.69) is 72.1 Å². The molecule has 71 valence electrons. The standard InChI is InChI=1S/C11H6Br3/c12-11(13,14)10-6-5-8-3-1-2-4-9(8)7-10/h1-6H. The second-order valence-electron chi connectivity index (χ2n) is 2.96. The van der Waals surface area contributed by atoms with Gasteiger partial charge >= 0.3 is 0 Å². The number of hydrogen-bond donors (Lipinski definition) is 0. The van der Waals surface area contributed by atoms with E-state index in [1.807, 2.05) is 18.2 Å². The van der Waals surface area contributed by atoms with Crippen LogP contribution >= 0.6 is 47.8 Å². The number of alkyl halides is 3. The van der Waals surface area contributed by atoms with Gasteiger partial charge in [0.25, 0.3) is 0 Å². The predicted molar refractivity (Wildman–Crippen MR) is 71.2 cm³/mol. The molecule has 0 heterocycles. The molecular weight excluding hydrogens is 372 g/mol. The van der Waals surface area contributed by atoms with Gasteiger partial charge in [-0.05, 0) is 22.4 Å². The molecule has 1 radical (unpaired) electrons. The number of fused-ring (bicyclic) bond motifs is 1. The largest absolute Gasteiger partial charge is 0.160 e. The molecule has 0 aliphatic carbocycles. The second-order valence-corrected chi connectivity index (χ2v) is 9.72. The summed E-state index contributed by atoms with van der Waals surface area (Å²) >= 11 is 10.4. The molecule has 0 nitrogen and oxygen atoms in total. The third-order valence-corrected chi connectivity index (χ3v) is 3.25. The van der Waals surface area contributed by atoms with Crippen LogP contribution in [0.25, 0.3) is 10.8 Å². The van der Waals surface area contributed by atoms with Gasteiger partial charge in [-0.3, -0.25) is 0 Å². The van der Waals surface area contributed by atoms with Crippen molar-refractivity contribution < 1.29 is 0 Å². The molecule has 2 aromatic rings. The van der Waals surface area contributed by atoms with Gasteiger partial charge in [-0.2, -0.15) is 0 Å². The first-order valence-corrected chi connectivity index (χ1v) is 6.43. The third kappa shape index (κ3) is 2.20. The van der Waals surface area contributed by atoms with Gasteiger partial charge < -0.3 is 0 Å². The smallest absolute Gasteiger partial charge is 0.0616 e. The van der Waals surface area contributed by atoms with Crippen LogP contribution in [0.5, 0.6) is 0 Å². The first-order chi connectivity index (χ1) is 6.57. The molecule has 14 heavy (non-hydrogen) atoms. The van der Waals surface area contributed by atoms with Crippen LogP contribution in [-0.2, 0) is 2.14 Å². The number of halogens is 3. The van der Waals surface area contributed by atoms with E-state index in [1.54, 1.807) is 0 Å². The Labute approximate surface area is 108 Å². The molecule has 2 aromatic carbocycles. The highest BCUT2D eigenvalue weighted by atomic mass is 80.0. The maximum atomic E-state index is 3.47. The molecule has 0 unspecified atom stereocenters. The third-order valence-electron chi connectivity index (χ3n) is 1.97. The highest BCUT2D eigenvalue weighted by Crippen LogP contribution is 2.44. The minimum Gasteiger partial charge on any atom is -0.0616 e. The van der Waals surface area contributed by atoms with Crippen molar-refractivity contribution >= 4 is 58.6 Å². The molecule has 0 fully saturated rings. The molecule has 3 heteroatoms. The van der Waals surface area contributed by atoms with Crippen molar-refractivity contribution in [2.24, 2.45) is 0 Å². The molecule has 0 amide bonds. The van der Waals surface area contributed by atoms with Gasteiger partial charge in [0.15, 0.2) is 2.14 Å².